The Morgan fingerprint density at radius 1 is 1.19 bits per heavy atom. The second-order valence-electron chi connectivity index (χ2n) is 7.85. The average molecular weight is 398 g/mol. The number of carbonyl (C=O) groups excluding carboxylic acids is 1. The summed E-state index contributed by atoms with van der Waals surface area (Å²) in [6.07, 6.45) is 1.85. The van der Waals surface area contributed by atoms with Crippen LogP contribution >= 0.6 is 0 Å². The Morgan fingerprint density at radius 3 is 2.33 bits per heavy atom. The third-order valence-corrected chi connectivity index (χ3v) is 7.15. The van der Waals surface area contributed by atoms with E-state index in [9.17, 15) is 17.6 Å². The third-order valence-electron chi connectivity index (χ3n) is 5.67. The monoisotopic (exact) mass is 397 g/mol. The average Bonchev–Trinajstić information content (AvgIpc) is 2.97. The Morgan fingerprint density at radius 2 is 1.78 bits per heavy atom. The first-order valence-electron chi connectivity index (χ1n) is 9.56. The molecule has 150 valence electrons. The van der Waals surface area contributed by atoms with Crippen LogP contribution in [0, 0.1) is 23.6 Å². The van der Waals surface area contributed by atoms with Crippen LogP contribution in [0.3, 0.4) is 0 Å². The van der Waals surface area contributed by atoms with Crippen LogP contribution in [0.4, 0.5) is 4.39 Å². The molecule has 3 atom stereocenters. The van der Waals surface area contributed by atoms with Crippen molar-refractivity contribution in [3.63, 3.8) is 0 Å². The molecule has 0 aliphatic carbocycles. The molecule has 27 heavy (non-hydrogen) atoms. The van der Waals surface area contributed by atoms with Gasteiger partial charge < -0.3 is 10.2 Å². The van der Waals surface area contributed by atoms with Crippen molar-refractivity contribution in [2.24, 2.45) is 17.8 Å². The zero-order chi connectivity index (χ0) is 19.6. The molecule has 8 heteroatoms. The van der Waals surface area contributed by atoms with Gasteiger partial charge in [0.1, 0.15) is 16.8 Å². The maximum atomic E-state index is 14.0. The Kier molecular flexibility index (Phi) is 6.18. The topological polar surface area (TPSA) is 78.5 Å². The molecule has 2 aliphatic heterocycles. The van der Waals surface area contributed by atoms with E-state index >= 15 is 0 Å². The normalized spacial score (nSPS) is 24.5. The zero-order valence-corrected chi connectivity index (χ0v) is 16.6. The van der Waals surface area contributed by atoms with Gasteiger partial charge in [-0.15, -0.1) is 0 Å². The van der Waals surface area contributed by atoms with Crippen molar-refractivity contribution in [3.05, 3.63) is 30.1 Å². The van der Waals surface area contributed by atoms with Crippen molar-refractivity contribution in [2.45, 2.75) is 37.6 Å². The molecule has 0 bridgehead atoms. The fourth-order valence-electron chi connectivity index (χ4n) is 4.00. The van der Waals surface area contributed by atoms with E-state index in [0.29, 0.717) is 24.9 Å². The second-order valence-corrected chi connectivity index (χ2v) is 9.54. The minimum Gasteiger partial charge on any atom is -0.341 e. The molecule has 1 amide bonds. The van der Waals surface area contributed by atoms with Gasteiger partial charge in [0.25, 0.3) is 0 Å². The minimum absolute atomic E-state index is 0.224. The molecule has 0 saturated carbocycles. The number of fused-ring (bicyclic) bond motifs is 1. The molecule has 2 heterocycles. The number of carbonyl (C=O) groups is 1. The Balaban J connectivity index is 1.75. The van der Waals surface area contributed by atoms with Crippen LogP contribution < -0.4 is 10.0 Å². The summed E-state index contributed by atoms with van der Waals surface area (Å²) < 4.78 is 41.7. The highest BCUT2D eigenvalue weighted by Crippen LogP contribution is 2.28. The summed E-state index contributed by atoms with van der Waals surface area (Å²) >= 11 is 0. The number of benzene rings is 1. The summed E-state index contributed by atoms with van der Waals surface area (Å²) in [7, 11) is -4.13. The Labute approximate surface area is 160 Å². The van der Waals surface area contributed by atoms with E-state index in [0.717, 1.165) is 32.0 Å². The summed E-state index contributed by atoms with van der Waals surface area (Å²) in [5, 5.41) is 3.40. The fourth-order valence-corrected chi connectivity index (χ4v) is 5.42. The first kappa shape index (κ1) is 20.2. The van der Waals surface area contributed by atoms with Crippen molar-refractivity contribution in [3.8, 4) is 0 Å². The number of hydrogen-bond acceptors (Lipinski definition) is 4. The molecule has 3 rings (SSSR count). The van der Waals surface area contributed by atoms with Gasteiger partial charge in [0.05, 0.1) is 0 Å². The fraction of sp³-hybridized carbons (Fsp3) is 0.632. The van der Waals surface area contributed by atoms with Gasteiger partial charge in [-0.1, -0.05) is 26.0 Å². The van der Waals surface area contributed by atoms with Crippen LogP contribution in [0.15, 0.2) is 29.2 Å². The van der Waals surface area contributed by atoms with Crippen LogP contribution in [0.2, 0.25) is 0 Å². The minimum atomic E-state index is -4.13. The number of amides is 1. The Hall–Kier alpha value is -1.51. The maximum absolute atomic E-state index is 14.0. The number of nitrogens with one attached hydrogen (secondary N) is 2. The number of rotatable bonds is 5. The first-order chi connectivity index (χ1) is 12.8. The predicted octanol–water partition coefficient (Wildman–Crippen LogP) is 1.59. The molecule has 1 unspecified atom stereocenters. The van der Waals surface area contributed by atoms with E-state index in [4.69, 9.17) is 0 Å². The van der Waals surface area contributed by atoms with E-state index in [-0.39, 0.29) is 11.8 Å². The lowest BCUT2D eigenvalue weighted by Gasteiger charge is -2.29. The van der Waals surface area contributed by atoms with Crippen LogP contribution in [-0.2, 0) is 14.8 Å². The van der Waals surface area contributed by atoms with Gasteiger partial charge in [-0.3, -0.25) is 4.79 Å². The summed E-state index contributed by atoms with van der Waals surface area (Å²) in [4.78, 5) is 14.4. The van der Waals surface area contributed by atoms with E-state index in [1.165, 1.54) is 18.2 Å². The van der Waals surface area contributed by atoms with Gasteiger partial charge in [-0.05, 0) is 55.8 Å². The molecule has 2 fully saturated rings. The molecule has 0 spiro atoms. The van der Waals surface area contributed by atoms with Gasteiger partial charge in [0.2, 0.25) is 15.9 Å². The highest BCUT2D eigenvalue weighted by Gasteiger charge is 2.36. The smallest absolute Gasteiger partial charge is 0.244 e. The van der Waals surface area contributed by atoms with Gasteiger partial charge in [0, 0.05) is 13.1 Å². The predicted molar refractivity (Wildman–Crippen MR) is 101 cm³/mol. The number of likely N-dealkylation sites (tertiary alicyclic amines) is 1. The maximum Gasteiger partial charge on any atom is 0.244 e. The summed E-state index contributed by atoms with van der Waals surface area (Å²) in [5.74, 6) is -0.137. The third kappa shape index (κ3) is 4.50. The van der Waals surface area contributed by atoms with Crippen molar-refractivity contribution in [1.29, 1.82) is 0 Å². The lowest BCUT2D eigenvalue weighted by Crippen LogP contribution is -2.51. The second kappa shape index (κ2) is 8.24. The Bertz CT molecular complexity index is 770. The van der Waals surface area contributed by atoms with Crippen LogP contribution in [0.1, 0.15) is 26.7 Å². The molecular weight excluding hydrogens is 369 g/mol. The summed E-state index contributed by atoms with van der Waals surface area (Å²) in [6.45, 7) is 6.82. The molecule has 0 aromatic heterocycles. The van der Waals surface area contributed by atoms with E-state index in [1.54, 1.807) is 18.7 Å². The molecule has 2 saturated heterocycles. The SMILES string of the molecule is CC(C)C(NS(=O)(=O)c1ccccc1F)C(=O)N1CC[C@@H]2CNC[C@@H]2CC1. The number of hydrogen-bond donors (Lipinski definition) is 2. The quantitative estimate of drug-likeness (QED) is 0.791. The van der Waals surface area contributed by atoms with Crippen molar-refractivity contribution >= 4 is 15.9 Å². The number of halogens is 1. The molecule has 0 radical (unpaired) electrons. The lowest BCUT2D eigenvalue weighted by atomic mass is 9.92. The van der Waals surface area contributed by atoms with Crippen LogP contribution in [0.5, 0.6) is 0 Å². The first-order valence-corrected chi connectivity index (χ1v) is 11.0. The molecular formula is C19H28FN3O3S. The number of nitrogens with zero attached hydrogens (tertiary/aromatic N) is 1. The van der Waals surface area contributed by atoms with Crippen molar-refractivity contribution in [2.75, 3.05) is 26.2 Å². The highest BCUT2D eigenvalue weighted by atomic mass is 32.2. The molecule has 1 aromatic rings. The highest BCUT2D eigenvalue weighted by molar-refractivity contribution is 7.89. The largest absolute Gasteiger partial charge is 0.341 e. The van der Waals surface area contributed by atoms with Crippen molar-refractivity contribution in [1.82, 2.24) is 14.9 Å². The van der Waals surface area contributed by atoms with Crippen LogP contribution in [-0.4, -0.2) is 51.4 Å². The lowest BCUT2D eigenvalue weighted by molar-refractivity contribution is -0.134. The van der Waals surface area contributed by atoms with Gasteiger partial charge in [0.15, 0.2) is 0 Å². The van der Waals surface area contributed by atoms with E-state index < -0.39 is 26.8 Å². The number of sulfonamides is 1. The van der Waals surface area contributed by atoms with E-state index in [2.05, 4.69) is 10.0 Å². The van der Waals surface area contributed by atoms with Gasteiger partial charge >= 0.3 is 0 Å². The summed E-state index contributed by atoms with van der Waals surface area (Å²) in [5.41, 5.74) is 0. The molecule has 6 nitrogen and oxygen atoms in total. The summed E-state index contributed by atoms with van der Waals surface area (Å²) in [6, 6.07) is 4.29. The van der Waals surface area contributed by atoms with Gasteiger partial charge in [-0.25, -0.2) is 12.8 Å². The zero-order valence-electron chi connectivity index (χ0n) is 15.8. The van der Waals surface area contributed by atoms with Crippen LogP contribution in [0.25, 0.3) is 0 Å². The molecule has 2 N–H and O–H groups in total. The van der Waals surface area contributed by atoms with E-state index in [1.807, 2.05) is 0 Å². The van der Waals surface area contributed by atoms with Gasteiger partial charge in [-0.2, -0.15) is 4.72 Å². The molecule has 1 aromatic carbocycles. The molecule has 2 aliphatic rings. The standard InChI is InChI=1S/C19H28FN3O3S/c1-13(2)18(22-27(25,26)17-6-4-3-5-16(17)20)19(24)23-9-7-14-11-21-12-15(14)8-10-23/h3-6,13-15,18,21-22H,7-12H2,1-2H3/t14-,15+,18?. The van der Waals surface area contributed by atoms with Crippen molar-refractivity contribution < 1.29 is 17.6 Å².